The molecule has 2 N–H and O–H groups in total. The van der Waals surface area contributed by atoms with Crippen molar-refractivity contribution in [2.45, 2.75) is 25.8 Å². The van der Waals surface area contributed by atoms with Crippen LogP contribution in [0.5, 0.6) is 0 Å². The van der Waals surface area contributed by atoms with Crippen LogP contribution in [0.3, 0.4) is 0 Å². The quantitative estimate of drug-likeness (QED) is 0.645. The first kappa shape index (κ1) is 9.91. The fourth-order valence-corrected chi connectivity index (χ4v) is 1.36. The number of rotatable bonds is 4. The number of nitrogens with two attached hydrogens (primary N) is 1. The Balaban J connectivity index is 3.39. The summed E-state index contributed by atoms with van der Waals surface area (Å²) in [6, 6.07) is 0.113. The first-order valence-corrected chi connectivity index (χ1v) is 5.41. The van der Waals surface area contributed by atoms with Crippen molar-refractivity contribution >= 4 is 9.84 Å². The van der Waals surface area contributed by atoms with Crippen LogP contribution in [-0.2, 0) is 9.84 Å². The summed E-state index contributed by atoms with van der Waals surface area (Å²) in [4.78, 5) is 0. The number of hydrogen-bond acceptors (Lipinski definition) is 3. The summed E-state index contributed by atoms with van der Waals surface area (Å²) in [5, 5.41) is 0. The second kappa shape index (κ2) is 3.93. The molecule has 0 radical (unpaired) electrons. The van der Waals surface area contributed by atoms with E-state index in [1.165, 1.54) is 6.26 Å². The molecule has 3 nitrogen and oxygen atoms in total. The normalized spacial score (nSPS) is 15.1. The molecule has 0 saturated heterocycles. The monoisotopic (exact) mass is 165 g/mol. The fourth-order valence-electron chi connectivity index (χ4n) is 0.667. The van der Waals surface area contributed by atoms with Crippen molar-refractivity contribution in [3.8, 4) is 0 Å². The highest BCUT2D eigenvalue weighted by Crippen LogP contribution is 1.96. The molecule has 0 amide bonds. The maximum absolute atomic E-state index is 10.6. The summed E-state index contributed by atoms with van der Waals surface area (Å²) in [7, 11) is -2.78. The minimum absolute atomic E-state index is 0.113. The molecule has 0 aromatic rings. The van der Waals surface area contributed by atoms with E-state index < -0.39 is 9.84 Å². The van der Waals surface area contributed by atoms with E-state index in [0.717, 1.165) is 6.42 Å². The lowest BCUT2D eigenvalue weighted by atomic mass is 10.2. The van der Waals surface area contributed by atoms with Crippen LogP contribution >= 0.6 is 0 Å². The maximum Gasteiger partial charge on any atom is 0.147 e. The van der Waals surface area contributed by atoms with Crippen LogP contribution in [0.1, 0.15) is 19.8 Å². The molecule has 0 aliphatic rings. The van der Waals surface area contributed by atoms with Crippen LogP contribution in [0.2, 0.25) is 0 Å². The maximum atomic E-state index is 10.6. The third-order valence-corrected chi connectivity index (χ3v) is 2.20. The van der Waals surface area contributed by atoms with Crippen LogP contribution in [0.15, 0.2) is 0 Å². The van der Waals surface area contributed by atoms with Gasteiger partial charge in [-0.3, -0.25) is 0 Å². The highest BCUT2D eigenvalue weighted by atomic mass is 32.2. The van der Waals surface area contributed by atoms with E-state index in [2.05, 4.69) is 0 Å². The minimum Gasteiger partial charge on any atom is -0.328 e. The lowest BCUT2D eigenvalue weighted by Gasteiger charge is -2.02. The first-order valence-electron chi connectivity index (χ1n) is 3.35. The zero-order valence-corrected chi connectivity index (χ0v) is 7.32. The van der Waals surface area contributed by atoms with Crippen molar-refractivity contribution in [1.29, 1.82) is 0 Å². The van der Waals surface area contributed by atoms with E-state index in [-0.39, 0.29) is 11.8 Å². The van der Waals surface area contributed by atoms with Crippen molar-refractivity contribution in [2.75, 3.05) is 12.0 Å². The molecule has 62 valence electrons. The van der Waals surface area contributed by atoms with Gasteiger partial charge in [0.25, 0.3) is 0 Å². The zero-order valence-electron chi connectivity index (χ0n) is 6.50. The predicted molar refractivity (Wildman–Crippen MR) is 42.6 cm³/mol. The molecule has 0 fully saturated rings. The van der Waals surface area contributed by atoms with Crippen molar-refractivity contribution in [2.24, 2.45) is 5.73 Å². The van der Waals surface area contributed by atoms with E-state index in [0.29, 0.717) is 6.42 Å². The van der Waals surface area contributed by atoms with Crippen molar-refractivity contribution in [3.63, 3.8) is 0 Å². The number of hydrogen-bond donors (Lipinski definition) is 1. The van der Waals surface area contributed by atoms with Gasteiger partial charge in [-0.1, -0.05) is 0 Å². The molecule has 0 unspecified atom stereocenters. The Bertz CT molecular complexity index is 172. The highest BCUT2D eigenvalue weighted by Gasteiger charge is 2.01. The van der Waals surface area contributed by atoms with Gasteiger partial charge in [0.05, 0.1) is 0 Å². The van der Waals surface area contributed by atoms with Crippen molar-refractivity contribution in [1.82, 2.24) is 0 Å². The molecule has 0 aliphatic carbocycles. The number of sulfone groups is 1. The molecule has 4 heteroatoms. The van der Waals surface area contributed by atoms with Crippen molar-refractivity contribution in [3.05, 3.63) is 0 Å². The van der Waals surface area contributed by atoms with E-state index >= 15 is 0 Å². The van der Waals surface area contributed by atoms with Crippen LogP contribution in [0.25, 0.3) is 0 Å². The van der Waals surface area contributed by atoms with Gasteiger partial charge in [0.2, 0.25) is 0 Å². The lowest BCUT2D eigenvalue weighted by molar-refractivity contribution is 0.590. The van der Waals surface area contributed by atoms with Gasteiger partial charge in [0.1, 0.15) is 9.84 Å². The molecule has 0 aliphatic heterocycles. The van der Waals surface area contributed by atoms with Gasteiger partial charge in [-0.15, -0.1) is 0 Å². The van der Waals surface area contributed by atoms with Gasteiger partial charge in [-0.2, -0.15) is 0 Å². The largest absolute Gasteiger partial charge is 0.328 e. The Morgan fingerprint density at radius 3 is 2.30 bits per heavy atom. The van der Waals surface area contributed by atoms with E-state index in [4.69, 9.17) is 5.73 Å². The molecule has 0 bridgehead atoms. The van der Waals surface area contributed by atoms with Crippen LogP contribution in [-0.4, -0.2) is 26.5 Å². The molecule has 10 heavy (non-hydrogen) atoms. The zero-order chi connectivity index (χ0) is 8.20. The lowest BCUT2D eigenvalue weighted by Crippen LogP contribution is -2.16. The Hall–Kier alpha value is -0.0900. The van der Waals surface area contributed by atoms with Gasteiger partial charge in [-0.05, 0) is 19.8 Å². The molecule has 0 spiro atoms. The third kappa shape index (κ3) is 7.91. The Labute approximate surface area is 62.5 Å². The van der Waals surface area contributed by atoms with E-state index in [9.17, 15) is 8.42 Å². The van der Waals surface area contributed by atoms with Crippen LogP contribution in [0, 0.1) is 0 Å². The molecule has 0 saturated carbocycles. The molecular weight excluding hydrogens is 150 g/mol. The smallest absolute Gasteiger partial charge is 0.147 e. The average Bonchev–Trinajstić information content (AvgIpc) is 1.59. The molecule has 0 aromatic carbocycles. The van der Waals surface area contributed by atoms with E-state index in [1.807, 2.05) is 6.92 Å². The molecule has 0 aromatic heterocycles. The van der Waals surface area contributed by atoms with E-state index in [1.54, 1.807) is 0 Å². The van der Waals surface area contributed by atoms with Crippen LogP contribution in [0.4, 0.5) is 0 Å². The van der Waals surface area contributed by atoms with Gasteiger partial charge in [0.15, 0.2) is 0 Å². The first-order chi connectivity index (χ1) is 4.42. The van der Waals surface area contributed by atoms with Gasteiger partial charge in [0, 0.05) is 18.1 Å². The summed E-state index contributed by atoms with van der Waals surface area (Å²) in [6.45, 7) is 1.88. The topological polar surface area (TPSA) is 60.2 Å². The van der Waals surface area contributed by atoms with Crippen molar-refractivity contribution < 1.29 is 8.42 Å². The highest BCUT2D eigenvalue weighted by molar-refractivity contribution is 7.90. The summed E-state index contributed by atoms with van der Waals surface area (Å²) in [5.41, 5.74) is 5.43. The average molecular weight is 165 g/mol. The summed E-state index contributed by atoms with van der Waals surface area (Å²) in [5.74, 6) is 0.258. The predicted octanol–water partition coefficient (Wildman–Crippen LogP) is 0.158. The second-order valence-corrected chi connectivity index (χ2v) is 5.01. The van der Waals surface area contributed by atoms with Gasteiger partial charge >= 0.3 is 0 Å². The molecule has 0 rings (SSSR count). The fraction of sp³-hybridized carbons (Fsp3) is 1.00. The second-order valence-electron chi connectivity index (χ2n) is 2.75. The summed E-state index contributed by atoms with van der Waals surface area (Å²) >= 11 is 0. The standard InChI is InChI=1S/C6H15NO2S/c1-6(7)4-3-5-10(2,8)9/h6H,3-5,7H2,1-2H3/t6-/m0/s1. The summed E-state index contributed by atoms with van der Waals surface area (Å²) in [6.07, 6.45) is 2.71. The van der Waals surface area contributed by atoms with Gasteiger partial charge in [-0.25, -0.2) is 8.42 Å². The SMILES string of the molecule is C[C@H](N)CCCS(C)(=O)=O. The minimum atomic E-state index is -2.78. The Morgan fingerprint density at radius 1 is 1.50 bits per heavy atom. The van der Waals surface area contributed by atoms with Crippen LogP contribution < -0.4 is 5.73 Å². The Morgan fingerprint density at radius 2 is 2.00 bits per heavy atom. The van der Waals surface area contributed by atoms with Gasteiger partial charge < -0.3 is 5.73 Å². The molecule has 0 heterocycles. The molecule has 1 atom stereocenters. The summed E-state index contributed by atoms with van der Waals surface area (Å²) < 4.78 is 21.1. The Kier molecular flexibility index (Phi) is 3.89. The molecular formula is C6H15NO2S. The third-order valence-electron chi connectivity index (χ3n) is 1.17.